The Hall–Kier alpha value is -2.24. The minimum Gasteiger partial charge on any atom is -0.481 e. The lowest BCUT2D eigenvalue weighted by atomic mass is 10.1. The number of benzene rings is 1. The molecule has 0 fully saturated rings. The van der Waals surface area contributed by atoms with Gasteiger partial charge in [0, 0.05) is 17.3 Å². The molecule has 0 aliphatic carbocycles. The van der Waals surface area contributed by atoms with E-state index in [9.17, 15) is 13.6 Å². The first kappa shape index (κ1) is 12.2. The van der Waals surface area contributed by atoms with E-state index in [0.29, 0.717) is 11.4 Å². The first-order chi connectivity index (χ1) is 8.56. The Labute approximate surface area is 101 Å². The van der Waals surface area contributed by atoms with E-state index in [2.05, 4.69) is 10.2 Å². The summed E-state index contributed by atoms with van der Waals surface area (Å²) in [5.74, 6) is -2.27. The van der Waals surface area contributed by atoms with E-state index in [1.807, 2.05) is 0 Å². The van der Waals surface area contributed by atoms with Crippen LogP contribution in [0.2, 0.25) is 0 Å². The lowest BCUT2D eigenvalue weighted by molar-refractivity contribution is -0.136. The molecule has 4 nitrogen and oxygen atoms in total. The Morgan fingerprint density at radius 2 is 2.11 bits per heavy atom. The molecule has 94 valence electrons. The number of hydrogen-bond acceptors (Lipinski definition) is 2. The highest BCUT2D eigenvalue weighted by atomic mass is 19.1. The molecule has 1 aromatic heterocycles. The second kappa shape index (κ2) is 4.95. The maximum atomic E-state index is 13.5. The molecule has 2 rings (SSSR count). The minimum absolute atomic E-state index is 0.0342. The van der Waals surface area contributed by atoms with Crippen LogP contribution in [0.1, 0.15) is 12.1 Å². The maximum absolute atomic E-state index is 13.5. The zero-order valence-corrected chi connectivity index (χ0v) is 9.28. The summed E-state index contributed by atoms with van der Waals surface area (Å²) in [4.78, 5) is 10.4. The summed E-state index contributed by atoms with van der Waals surface area (Å²) in [6.45, 7) is 0. The Morgan fingerprint density at radius 3 is 2.78 bits per heavy atom. The number of aromatic nitrogens is 2. The third kappa shape index (κ3) is 2.71. The summed E-state index contributed by atoms with van der Waals surface area (Å²) in [7, 11) is 0. The third-order valence-corrected chi connectivity index (χ3v) is 2.45. The predicted octanol–water partition coefficient (Wildman–Crippen LogP) is 2.37. The van der Waals surface area contributed by atoms with Crippen molar-refractivity contribution in [2.45, 2.75) is 12.8 Å². The number of aryl methyl sites for hydroxylation is 1. The number of nitrogens with zero attached hydrogens (tertiary/aromatic N) is 1. The highest BCUT2D eigenvalue weighted by Crippen LogP contribution is 2.22. The zero-order valence-electron chi connectivity index (χ0n) is 9.28. The number of carboxylic acids is 1. The van der Waals surface area contributed by atoms with Crippen molar-refractivity contribution < 1.29 is 18.7 Å². The van der Waals surface area contributed by atoms with Gasteiger partial charge in [-0.25, -0.2) is 8.78 Å². The van der Waals surface area contributed by atoms with Crippen LogP contribution >= 0.6 is 0 Å². The Morgan fingerprint density at radius 1 is 1.33 bits per heavy atom. The molecule has 0 spiro atoms. The summed E-state index contributed by atoms with van der Waals surface area (Å²) in [5.41, 5.74) is 1.10. The fraction of sp³-hybridized carbons (Fsp3) is 0.167. The van der Waals surface area contributed by atoms with Crippen molar-refractivity contribution in [1.29, 1.82) is 0 Å². The van der Waals surface area contributed by atoms with Gasteiger partial charge < -0.3 is 5.11 Å². The fourth-order valence-electron chi connectivity index (χ4n) is 1.57. The third-order valence-electron chi connectivity index (χ3n) is 2.45. The molecule has 0 bridgehead atoms. The number of rotatable bonds is 4. The molecule has 0 aliphatic heterocycles. The molecule has 2 aromatic rings. The van der Waals surface area contributed by atoms with Gasteiger partial charge in [-0.2, -0.15) is 5.10 Å². The van der Waals surface area contributed by atoms with Crippen LogP contribution in [0.15, 0.2) is 24.3 Å². The lowest BCUT2D eigenvalue weighted by Crippen LogP contribution is -1.97. The van der Waals surface area contributed by atoms with E-state index in [1.54, 1.807) is 6.07 Å². The molecule has 0 amide bonds. The molecule has 18 heavy (non-hydrogen) atoms. The Bertz CT molecular complexity index is 581. The monoisotopic (exact) mass is 252 g/mol. The van der Waals surface area contributed by atoms with E-state index in [-0.39, 0.29) is 18.4 Å². The average Bonchev–Trinajstić information content (AvgIpc) is 2.75. The quantitative estimate of drug-likeness (QED) is 0.877. The van der Waals surface area contributed by atoms with Crippen molar-refractivity contribution in [3.05, 3.63) is 41.6 Å². The van der Waals surface area contributed by atoms with Crippen molar-refractivity contribution in [3.8, 4) is 11.3 Å². The van der Waals surface area contributed by atoms with Gasteiger partial charge in [-0.3, -0.25) is 9.89 Å². The molecule has 2 N–H and O–H groups in total. The minimum atomic E-state index is -0.917. The topological polar surface area (TPSA) is 66.0 Å². The molecule has 0 radical (unpaired) electrons. The highest BCUT2D eigenvalue weighted by molar-refractivity contribution is 5.67. The predicted molar refractivity (Wildman–Crippen MR) is 59.9 cm³/mol. The van der Waals surface area contributed by atoms with Crippen molar-refractivity contribution >= 4 is 5.97 Å². The Balaban J connectivity index is 2.21. The van der Waals surface area contributed by atoms with E-state index >= 15 is 0 Å². The number of carboxylic acid groups (broad SMARTS) is 1. The second-order valence-corrected chi connectivity index (χ2v) is 3.80. The smallest absolute Gasteiger partial charge is 0.303 e. The van der Waals surface area contributed by atoms with Crippen molar-refractivity contribution in [2.75, 3.05) is 0 Å². The number of hydrogen-bond donors (Lipinski definition) is 2. The largest absolute Gasteiger partial charge is 0.481 e. The number of aromatic amines is 1. The molecular formula is C12H10F2N2O2. The van der Waals surface area contributed by atoms with Crippen LogP contribution in [0.5, 0.6) is 0 Å². The number of nitrogens with one attached hydrogen (secondary N) is 1. The van der Waals surface area contributed by atoms with E-state index < -0.39 is 17.6 Å². The summed E-state index contributed by atoms with van der Waals surface area (Å²) in [5, 5.41) is 15.0. The van der Waals surface area contributed by atoms with E-state index in [4.69, 9.17) is 5.11 Å². The van der Waals surface area contributed by atoms with Crippen LogP contribution in [-0.2, 0) is 11.2 Å². The van der Waals surface area contributed by atoms with Crippen molar-refractivity contribution in [2.24, 2.45) is 0 Å². The lowest BCUT2D eigenvalue weighted by Gasteiger charge is -1.98. The van der Waals surface area contributed by atoms with E-state index in [1.165, 1.54) is 6.07 Å². The fourth-order valence-corrected chi connectivity index (χ4v) is 1.57. The average molecular weight is 252 g/mol. The zero-order chi connectivity index (χ0) is 13.1. The first-order valence-electron chi connectivity index (χ1n) is 5.28. The van der Waals surface area contributed by atoms with Crippen LogP contribution in [0.4, 0.5) is 8.78 Å². The molecule has 0 aliphatic rings. The summed E-state index contributed by atoms with van der Waals surface area (Å²) in [6.07, 6.45) is 0.249. The number of H-pyrrole nitrogens is 1. The van der Waals surface area contributed by atoms with Gasteiger partial charge in [-0.1, -0.05) is 0 Å². The number of carbonyl (C=O) groups is 1. The summed E-state index contributed by atoms with van der Waals surface area (Å²) >= 11 is 0. The first-order valence-corrected chi connectivity index (χ1v) is 5.28. The van der Waals surface area contributed by atoms with Crippen LogP contribution in [0.25, 0.3) is 11.3 Å². The van der Waals surface area contributed by atoms with Crippen LogP contribution in [0.3, 0.4) is 0 Å². The number of halogens is 2. The van der Waals surface area contributed by atoms with Crippen molar-refractivity contribution in [3.63, 3.8) is 0 Å². The second-order valence-electron chi connectivity index (χ2n) is 3.80. The molecule has 0 saturated heterocycles. The summed E-state index contributed by atoms with van der Waals surface area (Å²) < 4.78 is 26.2. The SMILES string of the molecule is O=C(O)CCc1cc(-c2ccc(F)cc2F)n[nH]1. The number of aliphatic carboxylic acids is 1. The molecular weight excluding hydrogens is 242 g/mol. The molecule has 0 saturated carbocycles. The van der Waals surface area contributed by atoms with Gasteiger partial charge >= 0.3 is 5.97 Å². The van der Waals surface area contributed by atoms with Gasteiger partial charge in [-0.05, 0) is 24.6 Å². The Kier molecular flexibility index (Phi) is 3.36. The van der Waals surface area contributed by atoms with Gasteiger partial charge in [-0.15, -0.1) is 0 Å². The summed E-state index contributed by atoms with van der Waals surface area (Å²) in [6, 6.07) is 4.77. The normalized spacial score (nSPS) is 10.6. The van der Waals surface area contributed by atoms with Gasteiger partial charge in [0.25, 0.3) is 0 Å². The molecule has 0 atom stereocenters. The molecule has 1 heterocycles. The molecule has 6 heteroatoms. The van der Waals surface area contributed by atoms with Gasteiger partial charge in [0.15, 0.2) is 0 Å². The maximum Gasteiger partial charge on any atom is 0.303 e. The van der Waals surface area contributed by atoms with Gasteiger partial charge in [0.05, 0.1) is 12.1 Å². The van der Waals surface area contributed by atoms with Gasteiger partial charge in [0.1, 0.15) is 11.6 Å². The van der Waals surface area contributed by atoms with E-state index in [0.717, 1.165) is 12.1 Å². The molecule has 1 aromatic carbocycles. The standard InChI is InChI=1S/C12H10F2N2O2/c13-7-1-3-9(10(14)5-7)11-6-8(15-16-11)2-4-12(17)18/h1,3,5-6H,2,4H2,(H,15,16)(H,17,18). The van der Waals surface area contributed by atoms with Crippen LogP contribution in [-0.4, -0.2) is 21.3 Å². The highest BCUT2D eigenvalue weighted by Gasteiger charge is 2.10. The van der Waals surface area contributed by atoms with Crippen LogP contribution < -0.4 is 0 Å². The van der Waals surface area contributed by atoms with Gasteiger partial charge in [0.2, 0.25) is 0 Å². The van der Waals surface area contributed by atoms with Crippen molar-refractivity contribution in [1.82, 2.24) is 10.2 Å². The van der Waals surface area contributed by atoms with Crippen LogP contribution in [0, 0.1) is 11.6 Å². The molecule has 0 unspecified atom stereocenters.